The number of hydrogen-bond donors (Lipinski definition) is 0. The maximum Gasteiger partial charge on any atom is 0.164 e. The summed E-state index contributed by atoms with van der Waals surface area (Å²) in [6, 6.07) is 20.9. The number of rotatable bonds is 3. The molecule has 2 aromatic heterocycles. The Kier molecular flexibility index (Phi) is 3.62. The minimum atomic E-state index is 0.789. The van der Waals surface area contributed by atoms with Gasteiger partial charge in [-0.05, 0) is 54.8 Å². The molecule has 0 spiro atoms. The average molecular weight is 313 g/mol. The molecule has 4 aromatic rings. The van der Waals surface area contributed by atoms with E-state index in [0.717, 1.165) is 29.1 Å². The number of aromatic nitrogens is 3. The number of benzene rings is 2. The minimum Gasteiger partial charge on any atom is -0.280 e. The van der Waals surface area contributed by atoms with Gasteiger partial charge in [-0.25, -0.2) is 9.97 Å². The van der Waals surface area contributed by atoms with Gasteiger partial charge in [-0.2, -0.15) is 0 Å². The Bertz CT molecular complexity index is 1010. The van der Waals surface area contributed by atoms with Gasteiger partial charge < -0.3 is 0 Å². The number of fused-ring (bicyclic) bond motifs is 1. The molecule has 0 amide bonds. The fourth-order valence-electron chi connectivity index (χ4n) is 3.10. The molecule has 118 valence electrons. The Labute approximate surface area is 141 Å². The summed E-state index contributed by atoms with van der Waals surface area (Å²) in [5.41, 5.74) is 6.76. The molecular weight excluding hydrogens is 294 g/mol. The summed E-state index contributed by atoms with van der Waals surface area (Å²) < 4.78 is 2.18. The number of imidazole rings is 1. The van der Waals surface area contributed by atoms with E-state index in [1.165, 1.54) is 16.7 Å². The van der Waals surface area contributed by atoms with Crippen LogP contribution in [0.15, 0.2) is 66.9 Å². The van der Waals surface area contributed by atoms with Gasteiger partial charge in [0, 0.05) is 18.3 Å². The molecular formula is C21H19N3. The van der Waals surface area contributed by atoms with Crippen molar-refractivity contribution in [3.05, 3.63) is 89.4 Å². The quantitative estimate of drug-likeness (QED) is 0.552. The van der Waals surface area contributed by atoms with Crippen molar-refractivity contribution in [2.75, 3.05) is 0 Å². The lowest BCUT2D eigenvalue weighted by molar-refractivity contribution is 0.918. The fraction of sp³-hybridized carbons (Fsp3) is 0.143. The SMILES string of the molecule is Cc1cccc(-n2c(Cc3ccccc3C)nc3cccnc32)c1. The van der Waals surface area contributed by atoms with Crippen LogP contribution in [0.25, 0.3) is 16.9 Å². The highest BCUT2D eigenvalue weighted by Crippen LogP contribution is 2.23. The van der Waals surface area contributed by atoms with Crippen LogP contribution in [0.2, 0.25) is 0 Å². The van der Waals surface area contributed by atoms with Crippen LogP contribution >= 0.6 is 0 Å². The highest BCUT2D eigenvalue weighted by atomic mass is 15.1. The summed E-state index contributed by atoms with van der Waals surface area (Å²) in [6.07, 6.45) is 2.62. The van der Waals surface area contributed by atoms with Crippen molar-refractivity contribution < 1.29 is 0 Å². The van der Waals surface area contributed by atoms with Gasteiger partial charge in [0.05, 0.1) is 0 Å². The molecule has 0 saturated carbocycles. The minimum absolute atomic E-state index is 0.789. The van der Waals surface area contributed by atoms with E-state index < -0.39 is 0 Å². The van der Waals surface area contributed by atoms with E-state index in [-0.39, 0.29) is 0 Å². The molecule has 0 atom stereocenters. The van der Waals surface area contributed by atoms with Gasteiger partial charge in [-0.3, -0.25) is 4.57 Å². The van der Waals surface area contributed by atoms with Crippen LogP contribution in [0.3, 0.4) is 0 Å². The maximum absolute atomic E-state index is 4.86. The van der Waals surface area contributed by atoms with Gasteiger partial charge in [-0.15, -0.1) is 0 Å². The van der Waals surface area contributed by atoms with E-state index in [1.807, 2.05) is 18.3 Å². The van der Waals surface area contributed by atoms with E-state index in [2.05, 4.69) is 71.9 Å². The van der Waals surface area contributed by atoms with E-state index >= 15 is 0 Å². The first-order valence-electron chi connectivity index (χ1n) is 8.16. The summed E-state index contributed by atoms with van der Waals surface area (Å²) in [5, 5.41) is 0. The monoisotopic (exact) mass is 313 g/mol. The Morgan fingerprint density at radius 2 is 1.79 bits per heavy atom. The van der Waals surface area contributed by atoms with Gasteiger partial charge in [0.2, 0.25) is 0 Å². The number of pyridine rings is 1. The van der Waals surface area contributed by atoms with Crippen molar-refractivity contribution in [1.29, 1.82) is 0 Å². The summed E-state index contributed by atoms with van der Waals surface area (Å²) in [4.78, 5) is 9.43. The first-order valence-corrected chi connectivity index (χ1v) is 8.16. The van der Waals surface area contributed by atoms with Crippen LogP contribution in [0.5, 0.6) is 0 Å². The molecule has 3 nitrogen and oxygen atoms in total. The molecule has 0 bridgehead atoms. The number of hydrogen-bond acceptors (Lipinski definition) is 2. The van der Waals surface area contributed by atoms with Crippen molar-refractivity contribution >= 4 is 11.2 Å². The highest BCUT2D eigenvalue weighted by molar-refractivity contribution is 5.74. The third-order valence-electron chi connectivity index (χ3n) is 4.36. The van der Waals surface area contributed by atoms with E-state index in [1.54, 1.807) is 0 Å². The summed E-state index contributed by atoms with van der Waals surface area (Å²) in [5.74, 6) is 1.02. The van der Waals surface area contributed by atoms with Crippen LogP contribution < -0.4 is 0 Å². The van der Waals surface area contributed by atoms with Gasteiger partial charge in [0.25, 0.3) is 0 Å². The Morgan fingerprint density at radius 3 is 2.62 bits per heavy atom. The molecule has 0 aliphatic carbocycles. The molecule has 0 saturated heterocycles. The largest absolute Gasteiger partial charge is 0.280 e. The molecule has 4 rings (SSSR count). The molecule has 0 fully saturated rings. The predicted octanol–water partition coefficient (Wildman–Crippen LogP) is 4.63. The average Bonchev–Trinajstić information content (AvgIpc) is 2.95. The second-order valence-corrected chi connectivity index (χ2v) is 6.15. The topological polar surface area (TPSA) is 30.7 Å². The summed E-state index contributed by atoms with van der Waals surface area (Å²) >= 11 is 0. The molecule has 2 aromatic carbocycles. The molecule has 3 heteroatoms. The lowest BCUT2D eigenvalue weighted by Gasteiger charge is -2.11. The molecule has 2 heterocycles. The molecule has 0 N–H and O–H groups in total. The van der Waals surface area contributed by atoms with Crippen molar-refractivity contribution in [2.24, 2.45) is 0 Å². The zero-order valence-electron chi connectivity index (χ0n) is 13.9. The lowest BCUT2D eigenvalue weighted by atomic mass is 10.1. The zero-order valence-corrected chi connectivity index (χ0v) is 13.9. The number of nitrogens with zero attached hydrogens (tertiary/aromatic N) is 3. The van der Waals surface area contributed by atoms with Crippen molar-refractivity contribution in [1.82, 2.24) is 14.5 Å². The van der Waals surface area contributed by atoms with E-state index in [4.69, 9.17) is 4.98 Å². The fourth-order valence-corrected chi connectivity index (χ4v) is 3.10. The summed E-state index contributed by atoms with van der Waals surface area (Å²) in [7, 11) is 0. The van der Waals surface area contributed by atoms with Crippen molar-refractivity contribution in [3.63, 3.8) is 0 Å². The highest BCUT2D eigenvalue weighted by Gasteiger charge is 2.14. The van der Waals surface area contributed by atoms with Crippen LogP contribution in [0.1, 0.15) is 22.5 Å². The van der Waals surface area contributed by atoms with Crippen LogP contribution in [0.4, 0.5) is 0 Å². The van der Waals surface area contributed by atoms with E-state index in [0.29, 0.717) is 0 Å². The second-order valence-electron chi connectivity index (χ2n) is 6.15. The zero-order chi connectivity index (χ0) is 16.5. The number of aryl methyl sites for hydroxylation is 2. The maximum atomic E-state index is 4.86. The van der Waals surface area contributed by atoms with Gasteiger partial charge >= 0.3 is 0 Å². The van der Waals surface area contributed by atoms with Crippen molar-refractivity contribution in [2.45, 2.75) is 20.3 Å². The molecule has 0 aliphatic heterocycles. The molecule has 24 heavy (non-hydrogen) atoms. The van der Waals surface area contributed by atoms with Gasteiger partial charge in [0.15, 0.2) is 5.65 Å². The van der Waals surface area contributed by atoms with Crippen LogP contribution in [-0.4, -0.2) is 14.5 Å². The lowest BCUT2D eigenvalue weighted by Crippen LogP contribution is -2.04. The Morgan fingerprint density at radius 1 is 0.917 bits per heavy atom. The van der Waals surface area contributed by atoms with E-state index in [9.17, 15) is 0 Å². The normalized spacial score (nSPS) is 11.1. The molecule has 0 unspecified atom stereocenters. The molecule has 0 aliphatic rings. The smallest absolute Gasteiger partial charge is 0.164 e. The first-order chi connectivity index (χ1) is 11.7. The van der Waals surface area contributed by atoms with Crippen LogP contribution in [0, 0.1) is 13.8 Å². The second kappa shape index (κ2) is 5.93. The standard InChI is InChI=1S/C21H19N3/c1-15-7-5-10-18(13-15)24-20(14-17-9-4-3-8-16(17)2)23-19-11-6-12-22-21(19)24/h3-13H,14H2,1-2H3. The third kappa shape index (κ3) is 2.58. The molecule has 0 radical (unpaired) electrons. The van der Waals surface area contributed by atoms with Gasteiger partial charge in [-0.1, -0.05) is 36.4 Å². The Balaban J connectivity index is 1.92. The predicted molar refractivity (Wildman–Crippen MR) is 97.6 cm³/mol. The summed E-state index contributed by atoms with van der Waals surface area (Å²) in [6.45, 7) is 4.25. The third-order valence-corrected chi connectivity index (χ3v) is 4.36. The van der Waals surface area contributed by atoms with Crippen molar-refractivity contribution in [3.8, 4) is 5.69 Å². The Hall–Kier alpha value is -2.94. The van der Waals surface area contributed by atoms with Crippen LogP contribution in [-0.2, 0) is 6.42 Å². The first kappa shape index (κ1) is 14.6. The van der Waals surface area contributed by atoms with Gasteiger partial charge in [0.1, 0.15) is 11.3 Å².